The minimum absolute atomic E-state index is 0.0244. The van der Waals surface area contributed by atoms with Crippen LogP contribution >= 0.6 is 0 Å². The van der Waals surface area contributed by atoms with Crippen LogP contribution in [0.4, 0.5) is 5.69 Å². The third-order valence-corrected chi connectivity index (χ3v) is 5.60. The normalized spacial score (nSPS) is 19.3. The topological polar surface area (TPSA) is 57.7 Å². The summed E-state index contributed by atoms with van der Waals surface area (Å²) in [7, 11) is 0. The average Bonchev–Trinajstić information content (AvgIpc) is 3.14. The number of carbonyl (C=O) groups is 3. The second-order valence-electron chi connectivity index (χ2n) is 8.48. The lowest BCUT2D eigenvalue weighted by Gasteiger charge is -2.25. The molecule has 3 amide bonds. The number of para-hydroxylation sites is 1. The number of hydrogen-bond acceptors (Lipinski definition) is 3. The molecule has 0 aromatic heterocycles. The molecule has 2 aliphatic heterocycles. The van der Waals surface area contributed by atoms with Gasteiger partial charge in [-0.1, -0.05) is 45.0 Å². The summed E-state index contributed by atoms with van der Waals surface area (Å²) in [6, 6.07) is 13.7. The molecule has 2 aromatic carbocycles. The lowest BCUT2D eigenvalue weighted by atomic mass is 9.86. The molecule has 0 aliphatic carbocycles. The highest BCUT2D eigenvalue weighted by molar-refractivity contribution is 6.26. The van der Waals surface area contributed by atoms with Gasteiger partial charge in [0.05, 0.1) is 11.3 Å². The van der Waals surface area contributed by atoms with Gasteiger partial charge in [-0.05, 0) is 48.1 Å². The summed E-state index contributed by atoms with van der Waals surface area (Å²) in [5.41, 5.74) is 2.30. The van der Waals surface area contributed by atoms with Crippen LogP contribution in [0.25, 0.3) is 0 Å². The molecule has 0 bridgehead atoms. The monoisotopic (exact) mass is 376 g/mol. The standard InChI is InChI=1S/C23H24N2O3/c1-23(2,3)16-12-10-15(11-13-16)20(26)25-18-8-5-4-7-17(18)21(27)24-14-6-9-19(24)22(25)28/h4-5,7-8,10-13,19H,6,9,14H2,1-3H3. The Morgan fingerprint density at radius 3 is 2.36 bits per heavy atom. The van der Waals surface area contributed by atoms with Crippen LogP contribution in [-0.2, 0) is 10.2 Å². The van der Waals surface area contributed by atoms with Gasteiger partial charge in [-0.15, -0.1) is 0 Å². The molecule has 5 heteroatoms. The number of anilines is 1. The van der Waals surface area contributed by atoms with Crippen LogP contribution in [0.15, 0.2) is 48.5 Å². The fourth-order valence-corrected chi connectivity index (χ4v) is 3.99. The number of fused-ring (bicyclic) bond motifs is 2. The van der Waals surface area contributed by atoms with Crippen LogP contribution in [0.5, 0.6) is 0 Å². The zero-order valence-corrected chi connectivity index (χ0v) is 16.4. The zero-order valence-electron chi connectivity index (χ0n) is 16.4. The van der Waals surface area contributed by atoms with Gasteiger partial charge in [-0.3, -0.25) is 14.4 Å². The molecule has 1 atom stereocenters. The third kappa shape index (κ3) is 2.91. The van der Waals surface area contributed by atoms with Crippen molar-refractivity contribution in [3.05, 3.63) is 65.2 Å². The number of nitrogens with zero attached hydrogens (tertiary/aromatic N) is 2. The molecule has 0 radical (unpaired) electrons. The number of amides is 3. The molecule has 2 heterocycles. The van der Waals surface area contributed by atoms with E-state index < -0.39 is 6.04 Å². The summed E-state index contributed by atoms with van der Waals surface area (Å²) < 4.78 is 0. The highest BCUT2D eigenvalue weighted by Gasteiger charge is 2.44. The van der Waals surface area contributed by atoms with E-state index in [4.69, 9.17) is 0 Å². The van der Waals surface area contributed by atoms with E-state index in [2.05, 4.69) is 20.8 Å². The summed E-state index contributed by atoms with van der Waals surface area (Å²) in [6.07, 6.45) is 1.36. The molecule has 2 aromatic rings. The van der Waals surface area contributed by atoms with Crippen molar-refractivity contribution in [1.29, 1.82) is 0 Å². The molecule has 2 aliphatic rings. The van der Waals surface area contributed by atoms with Crippen LogP contribution < -0.4 is 4.90 Å². The van der Waals surface area contributed by atoms with E-state index in [1.807, 2.05) is 12.1 Å². The molecule has 1 fully saturated rings. The van der Waals surface area contributed by atoms with Gasteiger partial charge >= 0.3 is 0 Å². The first kappa shape index (κ1) is 18.4. The first-order valence-corrected chi connectivity index (χ1v) is 9.68. The minimum atomic E-state index is -0.572. The summed E-state index contributed by atoms with van der Waals surface area (Å²) >= 11 is 0. The Morgan fingerprint density at radius 1 is 1.00 bits per heavy atom. The Bertz CT molecular complexity index is 957. The molecule has 0 saturated carbocycles. The van der Waals surface area contributed by atoms with Gasteiger partial charge in [0.2, 0.25) is 0 Å². The number of benzene rings is 2. The van der Waals surface area contributed by atoms with E-state index in [0.29, 0.717) is 29.8 Å². The molecule has 144 valence electrons. The van der Waals surface area contributed by atoms with Gasteiger partial charge in [0, 0.05) is 12.1 Å². The maximum atomic E-state index is 13.4. The minimum Gasteiger partial charge on any atom is -0.327 e. The van der Waals surface area contributed by atoms with Crippen LogP contribution in [0.1, 0.15) is 59.9 Å². The van der Waals surface area contributed by atoms with E-state index in [-0.39, 0.29) is 23.1 Å². The maximum absolute atomic E-state index is 13.4. The Hall–Kier alpha value is -2.95. The summed E-state index contributed by atoms with van der Waals surface area (Å²) in [5, 5.41) is 0. The van der Waals surface area contributed by atoms with Crippen molar-refractivity contribution in [2.75, 3.05) is 11.4 Å². The van der Waals surface area contributed by atoms with Gasteiger partial charge in [0.1, 0.15) is 6.04 Å². The highest BCUT2D eigenvalue weighted by Crippen LogP contribution is 2.33. The van der Waals surface area contributed by atoms with Crippen LogP contribution in [0.2, 0.25) is 0 Å². The van der Waals surface area contributed by atoms with Gasteiger partial charge in [-0.2, -0.15) is 0 Å². The predicted molar refractivity (Wildman–Crippen MR) is 107 cm³/mol. The first-order valence-electron chi connectivity index (χ1n) is 9.68. The van der Waals surface area contributed by atoms with Crippen molar-refractivity contribution < 1.29 is 14.4 Å². The third-order valence-electron chi connectivity index (χ3n) is 5.60. The predicted octanol–water partition coefficient (Wildman–Crippen LogP) is 3.78. The lowest BCUT2D eigenvalue weighted by Crippen LogP contribution is -2.47. The molecule has 28 heavy (non-hydrogen) atoms. The fraction of sp³-hybridized carbons (Fsp3) is 0.348. The molecule has 4 rings (SSSR count). The summed E-state index contributed by atoms with van der Waals surface area (Å²) in [5.74, 6) is -0.884. The molecule has 5 nitrogen and oxygen atoms in total. The van der Waals surface area contributed by atoms with Crippen molar-refractivity contribution in [2.45, 2.75) is 45.1 Å². The highest BCUT2D eigenvalue weighted by atomic mass is 16.2. The lowest BCUT2D eigenvalue weighted by molar-refractivity contribution is -0.121. The number of hydrogen-bond donors (Lipinski definition) is 0. The van der Waals surface area contributed by atoms with Gasteiger partial charge in [0.15, 0.2) is 0 Å². The Labute approximate surface area is 164 Å². The molecule has 1 unspecified atom stereocenters. The van der Waals surface area contributed by atoms with E-state index in [0.717, 1.165) is 12.0 Å². The molecule has 0 N–H and O–H groups in total. The zero-order chi connectivity index (χ0) is 20.1. The van der Waals surface area contributed by atoms with Gasteiger partial charge < -0.3 is 4.90 Å². The van der Waals surface area contributed by atoms with Crippen molar-refractivity contribution >= 4 is 23.4 Å². The molecule has 0 spiro atoms. The molecular formula is C23H24N2O3. The first-order chi connectivity index (χ1) is 13.3. The van der Waals surface area contributed by atoms with E-state index in [1.165, 1.54) is 4.90 Å². The smallest absolute Gasteiger partial charge is 0.265 e. The SMILES string of the molecule is CC(C)(C)c1ccc(C(=O)N2C(=O)C3CCCN3C(=O)c3ccccc32)cc1. The molecular weight excluding hydrogens is 352 g/mol. The fourth-order valence-electron chi connectivity index (χ4n) is 3.99. The Balaban J connectivity index is 1.78. The summed E-state index contributed by atoms with van der Waals surface area (Å²) in [6.45, 7) is 6.88. The summed E-state index contributed by atoms with van der Waals surface area (Å²) in [4.78, 5) is 42.4. The van der Waals surface area contributed by atoms with Crippen molar-refractivity contribution in [2.24, 2.45) is 0 Å². The van der Waals surface area contributed by atoms with Crippen molar-refractivity contribution in [1.82, 2.24) is 4.90 Å². The quantitative estimate of drug-likeness (QED) is 0.712. The second kappa shape index (κ2) is 6.59. The largest absolute Gasteiger partial charge is 0.327 e. The number of carbonyl (C=O) groups excluding carboxylic acids is 3. The van der Waals surface area contributed by atoms with E-state index in [1.54, 1.807) is 41.3 Å². The molecule has 1 saturated heterocycles. The second-order valence-corrected chi connectivity index (χ2v) is 8.48. The van der Waals surface area contributed by atoms with E-state index >= 15 is 0 Å². The van der Waals surface area contributed by atoms with Crippen molar-refractivity contribution in [3.63, 3.8) is 0 Å². The van der Waals surface area contributed by atoms with Crippen LogP contribution in [-0.4, -0.2) is 35.2 Å². The van der Waals surface area contributed by atoms with Crippen LogP contribution in [0, 0.1) is 0 Å². The Kier molecular flexibility index (Phi) is 4.33. The average molecular weight is 376 g/mol. The van der Waals surface area contributed by atoms with Crippen molar-refractivity contribution in [3.8, 4) is 0 Å². The Morgan fingerprint density at radius 2 is 1.68 bits per heavy atom. The number of rotatable bonds is 1. The van der Waals surface area contributed by atoms with E-state index in [9.17, 15) is 14.4 Å². The maximum Gasteiger partial charge on any atom is 0.265 e. The van der Waals surface area contributed by atoms with Crippen LogP contribution in [0.3, 0.4) is 0 Å². The number of imide groups is 1. The van der Waals surface area contributed by atoms with Gasteiger partial charge in [0.25, 0.3) is 17.7 Å². The van der Waals surface area contributed by atoms with Gasteiger partial charge in [-0.25, -0.2) is 4.90 Å².